The first-order valence-corrected chi connectivity index (χ1v) is 8.60. The molecule has 26 heavy (non-hydrogen) atoms. The molecule has 3 rings (SSSR count). The topological polar surface area (TPSA) is 66.9 Å². The number of anilines is 2. The average Bonchev–Trinajstić information content (AvgIpc) is 2.63. The molecule has 0 saturated heterocycles. The molecule has 6 heteroatoms. The minimum atomic E-state index is -0.331. The van der Waals surface area contributed by atoms with Gasteiger partial charge in [-0.25, -0.2) is 9.97 Å². The molecule has 0 atom stereocenters. The fraction of sp³-hybridized carbons (Fsp3) is 0.150. The van der Waals surface area contributed by atoms with Crippen LogP contribution in [0.1, 0.15) is 27.3 Å². The number of carbonyl (C=O) groups excluding carboxylic acids is 1. The summed E-state index contributed by atoms with van der Waals surface area (Å²) in [6, 6.07) is 16.9. The van der Waals surface area contributed by atoms with Gasteiger partial charge in [0.25, 0.3) is 5.91 Å². The van der Waals surface area contributed by atoms with Crippen molar-refractivity contribution in [2.45, 2.75) is 20.4 Å². The SMILES string of the molecule is Cc1ccc(CNc2nc(C)cc(C(=O)Nc3ccccc3Cl)n2)cc1. The van der Waals surface area contributed by atoms with Crippen LogP contribution in [0, 0.1) is 13.8 Å². The molecule has 2 aromatic carbocycles. The summed E-state index contributed by atoms with van der Waals surface area (Å²) in [5, 5.41) is 6.41. The van der Waals surface area contributed by atoms with E-state index in [0.29, 0.717) is 28.9 Å². The number of aromatic nitrogens is 2. The van der Waals surface area contributed by atoms with Gasteiger partial charge in [0.15, 0.2) is 0 Å². The van der Waals surface area contributed by atoms with Gasteiger partial charge in [-0.1, -0.05) is 53.6 Å². The van der Waals surface area contributed by atoms with Crippen molar-refractivity contribution in [3.63, 3.8) is 0 Å². The second-order valence-electron chi connectivity index (χ2n) is 5.99. The van der Waals surface area contributed by atoms with E-state index in [2.05, 4.69) is 32.7 Å². The van der Waals surface area contributed by atoms with E-state index in [-0.39, 0.29) is 11.6 Å². The average molecular weight is 367 g/mol. The number of para-hydroxylation sites is 1. The molecule has 1 heterocycles. The minimum absolute atomic E-state index is 0.281. The second kappa shape index (κ2) is 7.97. The van der Waals surface area contributed by atoms with Crippen LogP contribution in [0.25, 0.3) is 0 Å². The first-order chi connectivity index (χ1) is 12.5. The maximum Gasteiger partial charge on any atom is 0.274 e. The lowest BCUT2D eigenvalue weighted by Crippen LogP contribution is -2.16. The highest BCUT2D eigenvalue weighted by atomic mass is 35.5. The number of benzene rings is 2. The van der Waals surface area contributed by atoms with Gasteiger partial charge in [0.1, 0.15) is 5.69 Å². The lowest BCUT2D eigenvalue weighted by atomic mass is 10.1. The number of hydrogen-bond acceptors (Lipinski definition) is 4. The summed E-state index contributed by atoms with van der Waals surface area (Å²) in [5.41, 5.74) is 3.85. The van der Waals surface area contributed by atoms with E-state index in [1.54, 1.807) is 30.3 Å². The maximum atomic E-state index is 12.5. The summed E-state index contributed by atoms with van der Waals surface area (Å²) in [5.74, 6) is 0.0804. The summed E-state index contributed by atoms with van der Waals surface area (Å²) >= 11 is 6.09. The standard InChI is InChI=1S/C20H19ClN4O/c1-13-7-9-15(10-8-13)12-22-20-23-14(2)11-18(25-20)19(26)24-17-6-4-3-5-16(17)21/h3-11H,12H2,1-2H3,(H,24,26)(H,22,23,25). The zero-order valence-electron chi connectivity index (χ0n) is 14.6. The quantitative estimate of drug-likeness (QED) is 0.691. The number of aryl methyl sites for hydroxylation is 2. The van der Waals surface area contributed by atoms with Gasteiger partial charge in [-0.05, 0) is 37.6 Å². The van der Waals surface area contributed by atoms with Crippen LogP contribution >= 0.6 is 11.6 Å². The molecule has 2 N–H and O–H groups in total. The molecule has 0 aliphatic carbocycles. The Morgan fingerprint density at radius 1 is 1.04 bits per heavy atom. The molecule has 0 fully saturated rings. The number of carbonyl (C=O) groups is 1. The molecule has 0 aliphatic rings. The zero-order chi connectivity index (χ0) is 18.5. The summed E-state index contributed by atoms with van der Waals surface area (Å²) in [6.07, 6.45) is 0. The smallest absolute Gasteiger partial charge is 0.274 e. The van der Waals surface area contributed by atoms with E-state index in [1.807, 2.05) is 26.0 Å². The fourth-order valence-corrected chi connectivity index (χ4v) is 2.58. The van der Waals surface area contributed by atoms with Crippen LogP contribution in [0.2, 0.25) is 5.02 Å². The van der Waals surface area contributed by atoms with Gasteiger partial charge >= 0.3 is 0 Å². The minimum Gasteiger partial charge on any atom is -0.350 e. The van der Waals surface area contributed by atoms with E-state index < -0.39 is 0 Å². The largest absolute Gasteiger partial charge is 0.350 e. The second-order valence-corrected chi connectivity index (χ2v) is 6.40. The van der Waals surface area contributed by atoms with Crippen LogP contribution in [0.15, 0.2) is 54.6 Å². The van der Waals surface area contributed by atoms with E-state index >= 15 is 0 Å². The molecule has 0 radical (unpaired) electrons. The molecule has 0 saturated carbocycles. The molecule has 1 amide bonds. The Hall–Kier alpha value is -2.92. The lowest BCUT2D eigenvalue weighted by Gasteiger charge is -2.10. The van der Waals surface area contributed by atoms with Crippen LogP contribution in [0.5, 0.6) is 0 Å². The van der Waals surface area contributed by atoms with Crippen molar-refractivity contribution in [3.8, 4) is 0 Å². The monoisotopic (exact) mass is 366 g/mol. The number of halogens is 1. The Labute approximate surface area is 157 Å². The number of rotatable bonds is 5. The van der Waals surface area contributed by atoms with Crippen molar-refractivity contribution in [1.29, 1.82) is 0 Å². The number of hydrogen-bond donors (Lipinski definition) is 2. The molecular weight excluding hydrogens is 348 g/mol. The highest BCUT2D eigenvalue weighted by molar-refractivity contribution is 6.33. The van der Waals surface area contributed by atoms with Crippen molar-refractivity contribution in [2.24, 2.45) is 0 Å². The number of nitrogens with zero attached hydrogens (tertiary/aromatic N) is 2. The van der Waals surface area contributed by atoms with Crippen molar-refractivity contribution in [1.82, 2.24) is 9.97 Å². The van der Waals surface area contributed by atoms with Crippen molar-refractivity contribution in [3.05, 3.63) is 82.1 Å². The molecular formula is C20H19ClN4O. The molecule has 5 nitrogen and oxygen atoms in total. The van der Waals surface area contributed by atoms with Crippen LogP contribution in [-0.4, -0.2) is 15.9 Å². The molecule has 0 bridgehead atoms. The highest BCUT2D eigenvalue weighted by Gasteiger charge is 2.12. The predicted molar refractivity (Wildman–Crippen MR) is 105 cm³/mol. The predicted octanol–water partition coefficient (Wildman–Crippen LogP) is 4.61. The normalized spacial score (nSPS) is 10.4. The Balaban J connectivity index is 1.73. The van der Waals surface area contributed by atoms with Crippen molar-refractivity contribution < 1.29 is 4.79 Å². The van der Waals surface area contributed by atoms with E-state index in [4.69, 9.17) is 11.6 Å². The van der Waals surface area contributed by atoms with E-state index in [0.717, 1.165) is 5.56 Å². The summed E-state index contributed by atoms with van der Waals surface area (Å²) in [6.45, 7) is 4.45. The summed E-state index contributed by atoms with van der Waals surface area (Å²) < 4.78 is 0. The van der Waals surface area contributed by atoms with Gasteiger partial charge in [-0.3, -0.25) is 4.79 Å². The van der Waals surface area contributed by atoms with Crippen molar-refractivity contribution >= 4 is 29.1 Å². The van der Waals surface area contributed by atoms with Gasteiger partial charge in [0.2, 0.25) is 5.95 Å². The lowest BCUT2D eigenvalue weighted by molar-refractivity contribution is 0.102. The van der Waals surface area contributed by atoms with Crippen LogP contribution in [-0.2, 0) is 6.54 Å². The Morgan fingerprint density at radius 2 is 1.77 bits per heavy atom. The van der Waals surface area contributed by atoms with Gasteiger partial charge < -0.3 is 10.6 Å². The summed E-state index contributed by atoms with van der Waals surface area (Å²) in [7, 11) is 0. The maximum absolute atomic E-state index is 12.5. The molecule has 0 unspecified atom stereocenters. The first kappa shape index (κ1) is 17.9. The third kappa shape index (κ3) is 4.58. The third-order valence-electron chi connectivity index (χ3n) is 3.78. The van der Waals surface area contributed by atoms with Crippen LogP contribution in [0.4, 0.5) is 11.6 Å². The van der Waals surface area contributed by atoms with Crippen LogP contribution < -0.4 is 10.6 Å². The van der Waals surface area contributed by atoms with Gasteiger partial charge in [0, 0.05) is 12.2 Å². The first-order valence-electron chi connectivity index (χ1n) is 8.22. The fourth-order valence-electron chi connectivity index (χ4n) is 2.40. The Morgan fingerprint density at radius 3 is 2.50 bits per heavy atom. The zero-order valence-corrected chi connectivity index (χ0v) is 15.3. The van der Waals surface area contributed by atoms with Gasteiger partial charge in [-0.15, -0.1) is 0 Å². The van der Waals surface area contributed by atoms with Gasteiger partial charge in [-0.2, -0.15) is 0 Å². The number of nitrogens with one attached hydrogen (secondary N) is 2. The van der Waals surface area contributed by atoms with Crippen LogP contribution in [0.3, 0.4) is 0 Å². The van der Waals surface area contributed by atoms with E-state index in [1.165, 1.54) is 5.56 Å². The molecule has 132 valence electrons. The molecule has 0 aliphatic heterocycles. The number of amides is 1. The third-order valence-corrected chi connectivity index (χ3v) is 4.11. The summed E-state index contributed by atoms with van der Waals surface area (Å²) in [4.78, 5) is 21.2. The molecule has 1 aromatic heterocycles. The Bertz CT molecular complexity index is 925. The Kier molecular flexibility index (Phi) is 5.49. The highest BCUT2D eigenvalue weighted by Crippen LogP contribution is 2.21. The van der Waals surface area contributed by atoms with Crippen molar-refractivity contribution in [2.75, 3.05) is 10.6 Å². The van der Waals surface area contributed by atoms with Gasteiger partial charge in [0.05, 0.1) is 10.7 Å². The molecule has 0 spiro atoms. The van der Waals surface area contributed by atoms with E-state index in [9.17, 15) is 4.79 Å². The molecule has 3 aromatic rings.